The van der Waals surface area contributed by atoms with Crippen LogP contribution in [0.25, 0.3) is 6.08 Å². The number of nitrogens with two attached hydrogens (primary N) is 2. The minimum Gasteiger partial charge on any atom is -0.309 e. The minimum atomic E-state index is -4.40. The molecule has 0 bridgehead atoms. The molecular formula is C14H16N2O6S2. The summed E-state index contributed by atoms with van der Waals surface area (Å²) in [6.07, 6.45) is 6.91. The fourth-order valence-electron chi connectivity index (χ4n) is 2.11. The zero-order chi connectivity index (χ0) is 18.2. The van der Waals surface area contributed by atoms with E-state index >= 15 is 0 Å². The van der Waals surface area contributed by atoms with Crippen LogP contribution < -0.4 is 11.5 Å². The quantitative estimate of drug-likeness (QED) is 0.439. The molecule has 0 radical (unpaired) electrons. The number of allylic oxidation sites excluding steroid dienone is 1. The molecule has 2 rings (SSSR count). The second-order valence-corrected chi connectivity index (χ2v) is 8.15. The lowest BCUT2D eigenvalue weighted by molar-refractivity contribution is 0.460. The highest BCUT2D eigenvalue weighted by Gasteiger charge is 2.31. The molecule has 8 nitrogen and oxygen atoms in total. The summed E-state index contributed by atoms with van der Waals surface area (Å²) >= 11 is 0. The first-order valence-electron chi connectivity index (χ1n) is 6.62. The number of rotatable bonds is 4. The molecule has 0 aliphatic heterocycles. The maximum absolute atomic E-state index is 11.1. The molecule has 6 N–H and O–H groups in total. The van der Waals surface area contributed by atoms with Crippen LogP contribution in [0.1, 0.15) is 5.56 Å². The average Bonchev–Trinajstić information content (AvgIpc) is 2.43. The van der Waals surface area contributed by atoms with Gasteiger partial charge < -0.3 is 11.5 Å². The summed E-state index contributed by atoms with van der Waals surface area (Å²) in [6.45, 7) is 0. The number of hydrogen-bond acceptors (Lipinski definition) is 6. The molecule has 0 heterocycles. The van der Waals surface area contributed by atoms with Gasteiger partial charge in [-0.05, 0) is 29.8 Å². The van der Waals surface area contributed by atoms with E-state index in [2.05, 4.69) is 0 Å². The maximum atomic E-state index is 11.1. The standard InChI is InChI=1S/C14H16N2O6S2/c15-14(16)9-13(24(20,21)22)8-5-11(14)4-1-10-2-6-12(7-3-10)23(17,18)19/h1-9,11H,15-16H2,(H,17,18,19)(H,20,21,22). The Bertz CT molecular complexity index is 926. The van der Waals surface area contributed by atoms with Crippen molar-refractivity contribution in [3.8, 4) is 0 Å². The molecule has 1 aromatic carbocycles. The van der Waals surface area contributed by atoms with Crippen molar-refractivity contribution in [3.63, 3.8) is 0 Å². The van der Waals surface area contributed by atoms with Gasteiger partial charge in [0.05, 0.1) is 15.5 Å². The van der Waals surface area contributed by atoms with Crippen LogP contribution >= 0.6 is 0 Å². The summed E-state index contributed by atoms with van der Waals surface area (Å²) in [4.78, 5) is -0.611. The van der Waals surface area contributed by atoms with Crippen molar-refractivity contribution in [2.45, 2.75) is 10.6 Å². The van der Waals surface area contributed by atoms with Crippen LogP contribution in [0.4, 0.5) is 0 Å². The summed E-state index contributed by atoms with van der Waals surface area (Å²) in [5.41, 5.74) is 10.8. The van der Waals surface area contributed by atoms with E-state index in [1.807, 2.05) is 0 Å². The highest BCUT2D eigenvalue weighted by atomic mass is 32.2. The van der Waals surface area contributed by atoms with Gasteiger partial charge in [0, 0.05) is 5.92 Å². The Morgan fingerprint density at radius 2 is 1.58 bits per heavy atom. The van der Waals surface area contributed by atoms with Crippen LogP contribution in [0.5, 0.6) is 0 Å². The van der Waals surface area contributed by atoms with E-state index in [1.165, 1.54) is 36.4 Å². The van der Waals surface area contributed by atoms with Gasteiger partial charge >= 0.3 is 0 Å². The van der Waals surface area contributed by atoms with Gasteiger partial charge in [-0.15, -0.1) is 0 Å². The van der Waals surface area contributed by atoms with Crippen molar-refractivity contribution in [2.24, 2.45) is 17.4 Å². The van der Waals surface area contributed by atoms with E-state index in [9.17, 15) is 16.8 Å². The van der Waals surface area contributed by atoms with Gasteiger partial charge in [0.25, 0.3) is 20.2 Å². The average molecular weight is 372 g/mol. The summed E-state index contributed by atoms with van der Waals surface area (Å²) in [7, 11) is -8.65. The molecule has 0 saturated heterocycles. The topological polar surface area (TPSA) is 161 Å². The number of benzene rings is 1. The zero-order valence-corrected chi connectivity index (χ0v) is 13.9. The smallest absolute Gasteiger partial charge is 0.294 e. The third-order valence-corrected chi connectivity index (χ3v) is 5.13. The van der Waals surface area contributed by atoms with Gasteiger partial charge in [-0.2, -0.15) is 16.8 Å². The molecule has 0 fully saturated rings. The second kappa shape index (κ2) is 6.24. The van der Waals surface area contributed by atoms with Gasteiger partial charge in [-0.3, -0.25) is 9.11 Å². The van der Waals surface area contributed by atoms with Gasteiger partial charge in [-0.1, -0.05) is 30.4 Å². The fraction of sp³-hybridized carbons (Fsp3) is 0.143. The van der Waals surface area contributed by atoms with Gasteiger partial charge in [0.1, 0.15) is 0 Å². The predicted octanol–water partition coefficient (Wildman–Crippen LogP) is 0.518. The van der Waals surface area contributed by atoms with Crippen LogP contribution in [-0.2, 0) is 20.2 Å². The highest BCUT2D eigenvalue weighted by molar-refractivity contribution is 7.90. The molecule has 0 amide bonds. The van der Waals surface area contributed by atoms with Crippen LogP contribution in [0.3, 0.4) is 0 Å². The first-order chi connectivity index (χ1) is 10.9. The van der Waals surface area contributed by atoms with E-state index in [-0.39, 0.29) is 9.80 Å². The molecule has 1 aliphatic carbocycles. The normalized spacial score (nSPS) is 21.0. The summed E-state index contributed by atoms with van der Waals surface area (Å²) < 4.78 is 62.1. The molecule has 1 unspecified atom stereocenters. The molecule has 10 heteroatoms. The van der Waals surface area contributed by atoms with Crippen molar-refractivity contribution in [2.75, 3.05) is 0 Å². The molecule has 1 atom stereocenters. The second-order valence-electron chi connectivity index (χ2n) is 5.31. The Morgan fingerprint density at radius 1 is 1.00 bits per heavy atom. The fourth-order valence-corrected chi connectivity index (χ4v) is 3.20. The molecule has 0 saturated carbocycles. The lowest BCUT2D eigenvalue weighted by Crippen LogP contribution is -2.54. The Kier molecular flexibility index (Phi) is 4.81. The van der Waals surface area contributed by atoms with Crippen molar-refractivity contribution in [3.05, 3.63) is 59.0 Å². The Labute approximate surface area is 139 Å². The molecular weight excluding hydrogens is 356 g/mol. The SMILES string of the molecule is NC1(N)C=C(S(=O)(=O)O)C=CC1C=Cc1ccc(S(=O)(=O)O)cc1. The molecule has 0 spiro atoms. The lowest BCUT2D eigenvalue weighted by Gasteiger charge is -2.30. The number of hydrogen-bond donors (Lipinski definition) is 4. The van der Waals surface area contributed by atoms with Gasteiger partial charge in [0.15, 0.2) is 0 Å². The van der Waals surface area contributed by atoms with E-state index < -0.39 is 31.8 Å². The van der Waals surface area contributed by atoms with E-state index in [0.29, 0.717) is 5.56 Å². The third-order valence-electron chi connectivity index (χ3n) is 3.41. The molecule has 24 heavy (non-hydrogen) atoms. The lowest BCUT2D eigenvalue weighted by atomic mass is 9.89. The van der Waals surface area contributed by atoms with Crippen molar-refractivity contribution in [1.29, 1.82) is 0 Å². The minimum absolute atomic E-state index is 0.232. The molecule has 130 valence electrons. The van der Waals surface area contributed by atoms with E-state index in [4.69, 9.17) is 20.6 Å². The molecule has 1 aliphatic rings. The molecule has 0 aromatic heterocycles. The largest absolute Gasteiger partial charge is 0.309 e. The van der Waals surface area contributed by atoms with Crippen LogP contribution in [0.2, 0.25) is 0 Å². The summed E-state index contributed by atoms with van der Waals surface area (Å²) in [5.74, 6) is -0.552. The monoisotopic (exact) mass is 372 g/mol. The van der Waals surface area contributed by atoms with Crippen LogP contribution in [0, 0.1) is 5.92 Å². The predicted molar refractivity (Wildman–Crippen MR) is 88.7 cm³/mol. The summed E-state index contributed by atoms with van der Waals surface area (Å²) in [5, 5.41) is 0. The van der Waals surface area contributed by atoms with Crippen molar-refractivity contribution in [1.82, 2.24) is 0 Å². The Morgan fingerprint density at radius 3 is 2.04 bits per heavy atom. The zero-order valence-electron chi connectivity index (χ0n) is 12.3. The maximum Gasteiger partial charge on any atom is 0.294 e. The van der Waals surface area contributed by atoms with Crippen molar-refractivity contribution >= 4 is 26.3 Å². The first-order valence-corrected chi connectivity index (χ1v) is 9.50. The Balaban J connectivity index is 2.22. The first kappa shape index (κ1) is 18.5. The molecule has 1 aromatic rings. The van der Waals surface area contributed by atoms with Gasteiger partial charge in [0.2, 0.25) is 0 Å². The van der Waals surface area contributed by atoms with E-state index in [1.54, 1.807) is 12.2 Å². The third kappa shape index (κ3) is 4.38. The van der Waals surface area contributed by atoms with Crippen molar-refractivity contribution < 1.29 is 25.9 Å². The van der Waals surface area contributed by atoms with Gasteiger partial charge in [-0.25, -0.2) is 0 Å². The summed E-state index contributed by atoms with van der Waals surface area (Å²) in [6, 6.07) is 5.42. The van der Waals surface area contributed by atoms with Crippen LogP contribution in [-0.4, -0.2) is 31.6 Å². The Hall–Kier alpha value is -1.82. The highest BCUT2D eigenvalue weighted by Crippen LogP contribution is 2.25. The van der Waals surface area contributed by atoms with E-state index in [0.717, 1.165) is 6.08 Å². The van der Waals surface area contributed by atoms with Crippen LogP contribution in [0.15, 0.2) is 58.4 Å².